The SMILES string of the molecule is CCCOc1cccc(/C(O)=C2\C(=O)C(=O)N(c3nc4ccc(OCC)cc4s3)C2c2cccs2)c1. The maximum Gasteiger partial charge on any atom is 0.301 e. The average Bonchev–Trinajstić information content (AvgIpc) is 3.61. The van der Waals surface area contributed by atoms with E-state index in [0.717, 1.165) is 16.0 Å². The van der Waals surface area contributed by atoms with Gasteiger partial charge in [-0.05, 0) is 55.1 Å². The number of hydrogen-bond donors (Lipinski definition) is 1. The Kier molecular flexibility index (Phi) is 6.75. The van der Waals surface area contributed by atoms with Gasteiger partial charge in [-0.3, -0.25) is 14.5 Å². The van der Waals surface area contributed by atoms with E-state index in [1.165, 1.54) is 27.6 Å². The highest BCUT2D eigenvalue weighted by Crippen LogP contribution is 2.45. The molecule has 0 bridgehead atoms. The van der Waals surface area contributed by atoms with E-state index >= 15 is 0 Å². The first-order valence-electron chi connectivity index (χ1n) is 11.6. The van der Waals surface area contributed by atoms with E-state index in [1.54, 1.807) is 24.3 Å². The number of Topliss-reactive ketones (excluding diaryl/α,β-unsaturated/α-hetero) is 1. The Hall–Kier alpha value is -3.69. The molecule has 0 radical (unpaired) electrons. The third kappa shape index (κ3) is 4.36. The van der Waals surface area contributed by atoms with Crippen LogP contribution in [0.15, 0.2) is 65.6 Å². The van der Waals surface area contributed by atoms with Crippen LogP contribution in [0, 0.1) is 0 Å². The Morgan fingerprint density at radius 3 is 2.64 bits per heavy atom. The lowest BCUT2D eigenvalue weighted by molar-refractivity contribution is -0.132. The normalized spacial score (nSPS) is 17.2. The zero-order chi connectivity index (χ0) is 25.2. The third-order valence-electron chi connectivity index (χ3n) is 5.70. The quantitative estimate of drug-likeness (QED) is 0.170. The average molecular weight is 521 g/mol. The topological polar surface area (TPSA) is 89.0 Å². The molecule has 4 aromatic rings. The van der Waals surface area contributed by atoms with Crippen LogP contribution in [0.4, 0.5) is 5.13 Å². The summed E-state index contributed by atoms with van der Waals surface area (Å²) in [5, 5.41) is 13.6. The molecule has 1 amide bonds. The van der Waals surface area contributed by atoms with Crippen LogP contribution in [-0.4, -0.2) is 35.0 Å². The van der Waals surface area contributed by atoms with Gasteiger partial charge in [0.1, 0.15) is 23.3 Å². The maximum atomic E-state index is 13.4. The Morgan fingerprint density at radius 1 is 1.06 bits per heavy atom. The van der Waals surface area contributed by atoms with E-state index in [9.17, 15) is 14.7 Å². The van der Waals surface area contributed by atoms with Crippen LogP contribution < -0.4 is 14.4 Å². The fraction of sp³-hybridized carbons (Fsp3) is 0.222. The number of hydrogen-bond acceptors (Lipinski definition) is 8. The van der Waals surface area contributed by atoms with Gasteiger partial charge in [0.2, 0.25) is 0 Å². The van der Waals surface area contributed by atoms with Crippen LogP contribution in [0.5, 0.6) is 11.5 Å². The first-order valence-corrected chi connectivity index (χ1v) is 13.3. The van der Waals surface area contributed by atoms with Gasteiger partial charge in [-0.15, -0.1) is 11.3 Å². The van der Waals surface area contributed by atoms with Crippen molar-refractivity contribution < 1.29 is 24.2 Å². The molecule has 1 atom stereocenters. The standard InChI is InChI=1S/C27H24N2O5S2/c1-3-12-34-17-8-5-7-16(14-17)24(30)22-23(20-9-6-13-35-20)29(26(32)25(22)31)27-28-19-11-10-18(33-4-2)15-21(19)36-27/h5-11,13-15,23,30H,3-4,12H2,1-2H3/b24-22+. The summed E-state index contributed by atoms with van der Waals surface area (Å²) in [6.07, 6.45) is 0.841. The van der Waals surface area contributed by atoms with Gasteiger partial charge >= 0.3 is 5.91 Å². The number of aromatic nitrogens is 1. The highest BCUT2D eigenvalue weighted by atomic mass is 32.1. The largest absolute Gasteiger partial charge is 0.507 e. The molecule has 184 valence electrons. The molecular weight excluding hydrogens is 496 g/mol. The molecule has 5 rings (SSSR count). The van der Waals surface area contributed by atoms with Gasteiger partial charge in [0.05, 0.1) is 29.0 Å². The number of nitrogens with zero attached hydrogens (tertiary/aromatic N) is 2. The lowest BCUT2D eigenvalue weighted by Crippen LogP contribution is -2.28. The van der Waals surface area contributed by atoms with Crippen LogP contribution >= 0.6 is 22.7 Å². The highest BCUT2D eigenvalue weighted by Gasteiger charge is 2.48. The maximum absolute atomic E-state index is 13.4. The van der Waals surface area contributed by atoms with Gasteiger partial charge in [0.15, 0.2) is 5.13 Å². The number of fused-ring (bicyclic) bond motifs is 1. The van der Waals surface area contributed by atoms with Gasteiger partial charge in [-0.1, -0.05) is 36.5 Å². The Balaban J connectivity index is 1.62. The van der Waals surface area contributed by atoms with Crippen LogP contribution in [-0.2, 0) is 9.59 Å². The van der Waals surface area contributed by atoms with E-state index in [1.807, 2.05) is 49.6 Å². The number of rotatable bonds is 8. The van der Waals surface area contributed by atoms with Crippen LogP contribution in [0.25, 0.3) is 16.0 Å². The van der Waals surface area contributed by atoms with E-state index in [0.29, 0.717) is 40.9 Å². The Labute approximate surface area is 216 Å². The lowest BCUT2D eigenvalue weighted by Gasteiger charge is -2.21. The molecule has 9 heteroatoms. The second-order valence-corrected chi connectivity index (χ2v) is 10.1. The molecule has 1 fully saturated rings. The number of anilines is 1. The molecule has 1 unspecified atom stereocenters. The van der Waals surface area contributed by atoms with Crippen molar-refractivity contribution in [1.82, 2.24) is 4.98 Å². The number of carbonyl (C=O) groups is 2. The molecule has 3 heterocycles. The van der Waals surface area contributed by atoms with Gasteiger partial charge in [0, 0.05) is 10.4 Å². The second kappa shape index (κ2) is 10.1. The van der Waals surface area contributed by atoms with Crippen molar-refractivity contribution in [2.24, 2.45) is 0 Å². The summed E-state index contributed by atoms with van der Waals surface area (Å²) in [6.45, 7) is 4.99. The number of benzene rings is 2. The molecule has 1 aliphatic rings. The van der Waals surface area contributed by atoms with Gasteiger partial charge in [0.25, 0.3) is 5.78 Å². The second-order valence-electron chi connectivity index (χ2n) is 8.12. The predicted octanol–water partition coefficient (Wildman–Crippen LogP) is 6.17. The molecule has 0 spiro atoms. The Bertz CT molecular complexity index is 1460. The van der Waals surface area contributed by atoms with Gasteiger partial charge < -0.3 is 14.6 Å². The monoisotopic (exact) mass is 520 g/mol. The molecule has 0 saturated carbocycles. The molecule has 1 aliphatic heterocycles. The fourth-order valence-corrected chi connectivity index (χ4v) is 5.95. The number of aliphatic hydroxyl groups is 1. The van der Waals surface area contributed by atoms with Gasteiger partial charge in [-0.2, -0.15) is 0 Å². The lowest BCUT2D eigenvalue weighted by atomic mass is 10.00. The molecule has 36 heavy (non-hydrogen) atoms. The van der Waals surface area contributed by atoms with E-state index < -0.39 is 17.7 Å². The molecule has 2 aromatic heterocycles. The highest BCUT2D eigenvalue weighted by molar-refractivity contribution is 7.22. The molecule has 1 saturated heterocycles. The Morgan fingerprint density at radius 2 is 1.89 bits per heavy atom. The summed E-state index contributed by atoms with van der Waals surface area (Å²) in [5.41, 5.74) is 1.14. The van der Waals surface area contributed by atoms with Crippen molar-refractivity contribution in [2.75, 3.05) is 18.1 Å². The summed E-state index contributed by atoms with van der Waals surface area (Å²) >= 11 is 2.71. The minimum absolute atomic E-state index is 0.0318. The van der Waals surface area contributed by atoms with Crippen molar-refractivity contribution in [1.29, 1.82) is 0 Å². The first kappa shape index (κ1) is 24.0. The summed E-state index contributed by atoms with van der Waals surface area (Å²) in [7, 11) is 0. The molecule has 2 aromatic carbocycles. The number of amides is 1. The number of ketones is 1. The number of aliphatic hydroxyl groups excluding tert-OH is 1. The molecule has 7 nitrogen and oxygen atoms in total. The number of thiophene rings is 1. The van der Waals surface area contributed by atoms with Crippen LogP contribution in [0.1, 0.15) is 36.8 Å². The first-order chi connectivity index (χ1) is 17.5. The minimum Gasteiger partial charge on any atom is -0.507 e. The van der Waals surface area contributed by atoms with E-state index in [2.05, 4.69) is 4.98 Å². The van der Waals surface area contributed by atoms with E-state index in [4.69, 9.17) is 9.47 Å². The smallest absolute Gasteiger partial charge is 0.301 e. The van der Waals surface area contributed by atoms with Crippen molar-refractivity contribution in [3.8, 4) is 11.5 Å². The number of thiazole rings is 1. The summed E-state index contributed by atoms with van der Waals surface area (Å²) in [6, 6.07) is 15.4. The van der Waals surface area contributed by atoms with Crippen molar-refractivity contribution in [2.45, 2.75) is 26.3 Å². The summed E-state index contributed by atoms with van der Waals surface area (Å²) in [5.74, 6) is -0.422. The minimum atomic E-state index is -0.794. The molecule has 1 N–H and O–H groups in total. The van der Waals surface area contributed by atoms with Gasteiger partial charge in [-0.25, -0.2) is 4.98 Å². The fourth-order valence-electron chi connectivity index (χ4n) is 4.11. The van der Waals surface area contributed by atoms with E-state index in [-0.39, 0.29) is 11.3 Å². The molecule has 0 aliphatic carbocycles. The summed E-state index contributed by atoms with van der Waals surface area (Å²) < 4.78 is 12.1. The van der Waals surface area contributed by atoms with Crippen molar-refractivity contribution in [3.63, 3.8) is 0 Å². The zero-order valence-corrected chi connectivity index (χ0v) is 21.4. The predicted molar refractivity (Wildman–Crippen MR) is 142 cm³/mol. The number of carbonyl (C=O) groups excluding carboxylic acids is 2. The zero-order valence-electron chi connectivity index (χ0n) is 19.8. The number of ether oxygens (including phenoxy) is 2. The van der Waals surface area contributed by atoms with Crippen LogP contribution in [0.2, 0.25) is 0 Å². The van der Waals surface area contributed by atoms with Crippen LogP contribution in [0.3, 0.4) is 0 Å². The van der Waals surface area contributed by atoms with Crippen molar-refractivity contribution >= 4 is 55.5 Å². The molecular formula is C27H24N2O5S2. The van der Waals surface area contributed by atoms with Crippen molar-refractivity contribution in [3.05, 3.63) is 76.0 Å². The summed E-state index contributed by atoms with van der Waals surface area (Å²) in [4.78, 5) is 33.5. The third-order valence-corrected chi connectivity index (χ3v) is 7.65.